The van der Waals surface area contributed by atoms with Crippen LogP contribution in [-0.2, 0) is 0 Å². The minimum Gasteiger partial charge on any atom is -0.507 e. The molecule has 0 radical (unpaired) electrons. The van der Waals surface area contributed by atoms with Gasteiger partial charge in [-0.15, -0.1) is 11.3 Å². The summed E-state index contributed by atoms with van der Waals surface area (Å²) in [5, 5.41) is 16.0. The summed E-state index contributed by atoms with van der Waals surface area (Å²) in [4.78, 5) is 3.75. The van der Waals surface area contributed by atoms with E-state index in [0.717, 1.165) is 37.3 Å². The van der Waals surface area contributed by atoms with E-state index in [2.05, 4.69) is 33.8 Å². The van der Waals surface area contributed by atoms with Gasteiger partial charge in [0.05, 0.1) is 6.04 Å². The second kappa shape index (κ2) is 5.95. The highest BCUT2D eigenvalue weighted by Gasteiger charge is 2.27. The lowest BCUT2D eigenvalue weighted by atomic mass is 9.99. The molecule has 2 N–H and O–H groups in total. The van der Waals surface area contributed by atoms with E-state index in [4.69, 9.17) is 0 Å². The minimum absolute atomic E-state index is 0.164. The number of piperazine rings is 1. The number of nitrogens with one attached hydrogen (secondary N) is 1. The van der Waals surface area contributed by atoms with Gasteiger partial charge in [-0.1, -0.05) is 24.3 Å². The zero-order valence-electron chi connectivity index (χ0n) is 11.7. The molecule has 0 unspecified atom stereocenters. The molecule has 2 aromatic rings. The summed E-state index contributed by atoms with van der Waals surface area (Å²) in [6.07, 6.45) is 0. The first-order valence-electron chi connectivity index (χ1n) is 7.04. The highest BCUT2D eigenvalue weighted by atomic mass is 32.1. The van der Waals surface area contributed by atoms with Gasteiger partial charge in [0.15, 0.2) is 0 Å². The highest BCUT2D eigenvalue weighted by molar-refractivity contribution is 7.10. The molecule has 2 heterocycles. The molecule has 1 aliphatic heterocycles. The molecule has 0 aliphatic carbocycles. The first kappa shape index (κ1) is 13.6. The van der Waals surface area contributed by atoms with Gasteiger partial charge in [0.2, 0.25) is 0 Å². The van der Waals surface area contributed by atoms with Gasteiger partial charge in [-0.2, -0.15) is 0 Å². The van der Waals surface area contributed by atoms with Gasteiger partial charge >= 0.3 is 0 Å². The Morgan fingerprint density at radius 1 is 1.20 bits per heavy atom. The molecule has 4 heteroatoms. The van der Waals surface area contributed by atoms with E-state index >= 15 is 0 Å². The molecule has 0 spiro atoms. The molecule has 1 aliphatic rings. The van der Waals surface area contributed by atoms with Gasteiger partial charge < -0.3 is 10.4 Å². The predicted octanol–water partition coefficient (Wildman–Crippen LogP) is 2.76. The summed E-state index contributed by atoms with van der Waals surface area (Å²) in [6.45, 7) is 6.00. The Hall–Kier alpha value is -1.36. The van der Waals surface area contributed by atoms with E-state index in [1.807, 2.05) is 19.1 Å². The number of aryl methyl sites for hydroxylation is 1. The van der Waals surface area contributed by atoms with Crippen molar-refractivity contribution in [1.82, 2.24) is 10.2 Å². The van der Waals surface area contributed by atoms with Crippen LogP contribution in [0.1, 0.15) is 22.0 Å². The van der Waals surface area contributed by atoms with E-state index in [9.17, 15) is 5.11 Å². The first-order chi connectivity index (χ1) is 9.77. The lowest BCUT2D eigenvalue weighted by Crippen LogP contribution is -2.45. The number of aromatic hydroxyl groups is 1. The Kier molecular flexibility index (Phi) is 4.05. The standard InChI is InChI=1S/C16H20N2OS/c1-12-4-2-5-13(16(12)19)15(14-6-3-11-20-14)18-9-7-17-8-10-18/h2-6,11,15,17,19H,7-10H2,1H3/t15-/m1/s1. The Balaban J connectivity index is 2.03. The summed E-state index contributed by atoms with van der Waals surface area (Å²) in [7, 11) is 0. The van der Waals surface area contributed by atoms with Crippen molar-refractivity contribution >= 4 is 11.3 Å². The molecule has 1 fully saturated rings. The van der Waals surface area contributed by atoms with Crippen LogP contribution in [0.2, 0.25) is 0 Å². The highest BCUT2D eigenvalue weighted by Crippen LogP contribution is 2.37. The van der Waals surface area contributed by atoms with Crippen LogP contribution < -0.4 is 5.32 Å². The van der Waals surface area contributed by atoms with Crippen molar-refractivity contribution in [3.05, 3.63) is 51.7 Å². The van der Waals surface area contributed by atoms with Crippen LogP contribution in [-0.4, -0.2) is 36.2 Å². The molecule has 0 saturated carbocycles. The number of phenolic OH excluding ortho intramolecular Hbond substituents is 1. The Labute approximate surface area is 123 Å². The fraction of sp³-hybridized carbons (Fsp3) is 0.375. The largest absolute Gasteiger partial charge is 0.507 e. The normalized spacial score (nSPS) is 18.1. The lowest BCUT2D eigenvalue weighted by Gasteiger charge is -2.35. The van der Waals surface area contributed by atoms with Crippen LogP contribution >= 0.6 is 11.3 Å². The number of phenols is 1. The SMILES string of the molecule is Cc1cccc([C@H](c2cccs2)N2CCNCC2)c1O. The van der Waals surface area contributed by atoms with Crippen molar-refractivity contribution in [3.63, 3.8) is 0 Å². The number of hydrogen-bond donors (Lipinski definition) is 2. The molecule has 3 nitrogen and oxygen atoms in total. The molecule has 1 aromatic heterocycles. The first-order valence-corrected chi connectivity index (χ1v) is 7.92. The minimum atomic E-state index is 0.164. The number of rotatable bonds is 3. The van der Waals surface area contributed by atoms with Crippen molar-refractivity contribution in [2.24, 2.45) is 0 Å². The quantitative estimate of drug-likeness (QED) is 0.911. The summed E-state index contributed by atoms with van der Waals surface area (Å²) >= 11 is 1.76. The lowest BCUT2D eigenvalue weighted by molar-refractivity contribution is 0.198. The third kappa shape index (κ3) is 2.59. The van der Waals surface area contributed by atoms with E-state index in [1.54, 1.807) is 11.3 Å². The molecular formula is C16H20N2OS. The van der Waals surface area contributed by atoms with Gasteiger partial charge in [0, 0.05) is 36.6 Å². The fourth-order valence-electron chi connectivity index (χ4n) is 2.82. The average molecular weight is 288 g/mol. The number of hydrogen-bond acceptors (Lipinski definition) is 4. The number of nitrogens with zero attached hydrogens (tertiary/aromatic N) is 1. The van der Waals surface area contributed by atoms with Gasteiger partial charge in [0.25, 0.3) is 0 Å². The topological polar surface area (TPSA) is 35.5 Å². The third-order valence-corrected chi connectivity index (χ3v) is 4.82. The van der Waals surface area contributed by atoms with E-state index in [-0.39, 0.29) is 6.04 Å². The van der Waals surface area contributed by atoms with Gasteiger partial charge in [0.1, 0.15) is 5.75 Å². The molecule has 106 valence electrons. The monoisotopic (exact) mass is 288 g/mol. The van der Waals surface area contributed by atoms with E-state index in [0.29, 0.717) is 5.75 Å². The third-order valence-electron chi connectivity index (χ3n) is 3.89. The molecular weight excluding hydrogens is 268 g/mol. The Bertz CT molecular complexity index is 562. The zero-order chi connectivity index (χ0) is 13.9. The second-order valence-electron chi connectivity index (χ2n) is 5.22. The summed E-state index contributed by atoms with van der Waals surface area (Å²) < 4.78 is 0. The Morgan fingerprint density at radius 3 is 2.70 bits per heavy atom. The molecule has 3 rings (SSSR count). The van der Waals surface area contributed by atoms with Crippen molar-refractivity contribution in [2.75, 3.05) is 26.2 Å². The molecule has 1 aromatic carbocycles. The number of para-hydroxylation sites is 1. The van der Waals surface area contributed by atoms with Gasteiger partial charge in [-0.25, -0.2) is 0 Å². The molecule has 0 bridgehead atoms. The molecule has 1 saturated heterocycles. The zero-order valence-corrected chi connectivity index (χ0v) is 12.5. The molecule has 20 heavy (non-hydrogen) atoms. The number of thiophene rings is 1. The number of benzene rings is 1. The summed E-state index contributed by atoms with van der Waals surface area (Å²) in [5.41, 5.74) is 1.97. The Morgan fingerprint density at radius 2 is 2.00 bits per heavy atom. The second-order valence-corrected chi connectivity index (χ2v) is 6.20. The maximum absolute atomic E-state index is 10.5. The van der Waals surface area contributed by atoms with E-state index in [1.165, 1.54) is 4.88 Å². The maximum Gasteiger partial charge on any atom is 0.123 e. The maximum atomic E-state index is 10.5. The van der Waals surface area contributed by atoms with Gasteiger partial charge in [-0.3, -0.25) is 4.90 Å². The van der Waals surface area contributed by atoms with Crippen LogP contribution in [0.4, 0.5) is 0 Å². The molecule has 1 atom stereocenters. The average Bonchev–Trinajstić information content (AvgIpc) is 2.99. The van der Waals surface area contributed by atoms with Crippen molar-refractivity contribution < 1.29 is 5.11 Å². The van der Waals surface area contributed by atoms with Crippen molar-refractivity contribution in [1.29, 1.82) is 0 Å². The van der Waals surface area contributed by atoms with Crippen LogP contribution in [0.25, 0.3) is 0 Å². The summed E-state index contributed by atoms with van der Waals surface area (Å²) in [5.74, 6) is 0.435. The van der Waals surface area contributed by atoms with Gasteiger partial charge in [-0.05, 0) is 23.9 Å². The summed E-state index contributed by atoms with van der Waals surface area (Å²) in [6, 6.07) is 10.5. The van der Waals surface area contributed by atoms with Crippen molar-refractivity contribution in [3.8, 4) is 5.75 Å². The van der Waals surface area contributed by atoms with Crippen LogP contribution in [0, 0.1) is 6.92 Å². The van der Waals surface area contributed by atoms with Crippen molar-refractivity contribution in [2.45, 2.75) is 13.0 Å². The van der Waals surface area contributed by atoms with Crippen LogP contribution in [0.5, 0.6) is 5.75 Å². The van der Waals surface area contributed by atoms with E-state index < -0.39 is 0 Å². The fourth-order valence-corrected chi connectivity index (χ4v) is 3.70. The molecule has 0 amide bonds. The van der Waals surface area contributed by atoms with Crippen LogP contribution in [0.3, 0.4) is 0 Å². The smallest absolute Gasteiger partial charge is 0.123 e. The predicted molar refractivity (Wildman–Crippen MR) is 83.4 cm³/mol. The van der Waals surface area contributed by atoms with Crippen LogP contribution in [0.15, 0.2) is 35.7 Å².